The van der Waals surface area contributed by atoms with Crippen molar-refractivity contribution in [1.29, 1.82) is 0 Å². The van der Waals surface area contributed by atoms with Crippen LogP contribution in [0.15, 0.2) is 12.4 Å². The minimum Gasteiger partial charge on any atom is -0.468 e. The normalized spacial score (nSPS) is 14.5. The molecule has 1 rings (SSSR count). The predicted molar refractivity (Wildman–Crippen MR) is 69.1 cm³/mol. The quantitative estimate of drug-likeness (QED) is 0.648. The molecule has 0 saturated heterocycles. The fraction of sp³-hybridized carbons (Fsp3) is 0.600. The SMILES string of the molecule is CCNC(C(=O)OC)C(C)n1cc(I)cn1. The van der Waals surface area contributed by atoms with Crippen LogP contribution in [0.2, 0.25) is 0 Å². The zero-order valence-electron chi connectivity index (χ0n) is 9.61. The second-order valence-corrected chi connectivity index (χ2v) is 4.68. The first kappa shape index (κ1) is 13.4. The summed E-state index contributed by atoms with van der Waals surface area (Å²) in [5, 5.41) is 7.30. The minimum absolute atomic E-state index is 0.0732. The molecule has 0 radical (unpaired) electrons. The van der Waals surface area contributed by atoms with Crippen molar-refractivity contribution >= 4 is 28.6 Å². The minimum atomic E-state index is -0.370. The Balaban J connectivity index is 2.81. The van der Waals surface area contributed by atoms with E-state index in [1.54, 1.807) is 10.9 Å². The van der Waals surface area contributed by atoms with Crippen molar-refractivity contribution in [1.82, 2.24) is 15.1 Å². The number of aromatic nitrogens is 2. The van der Waals surface area contributed by atoms with Crippen molar-refractivity contribution in [3.8, 4) is 0 Å². The number of esters is 1. The van der Waals surface area contributed by atoms with Gasteiger partial charge in [-0.25, -0.2) is 0 Å². The van der Waals surface area contributed by atoms with E-state index in [0.717, 1.165) is 3.57 Å². The Bertz CT molecular complexity index is 354. The maximum absolute atomic E-state index is 11.6. The zero-order chi connectivity index (χ0) is 12.1. The third-order valence-electron chi connectivity index (χ3n) is 2.35. The highest BCUT2D eigenvalue weighted by Gasteiger charge is 2.26. The number of likely N-dealkylation sites (N-methyl/N-ethyl adjacent to an activating group) is 1. The molecular formula is C10H16IN3O2. The first-order valence-electron chi connectivity index (χ1n) is 5.11. The predicted octanol–water partition coefficient (Wildman–Crippen LogP) is 1.20. The van der Waals surface area contributed by atoms with E-state index >= 15 is 0 Å². The smallest absolute Gasteiger partial charge is 0.325 e. The number of nitrogens with one attached hydrogen (secondary N) is 1. The van der Waals surface area contributed by atoms with Crippen LogP contribution < -0.4 is 5.32 Å². The fourth-order valence-electron chi connectivity index (χ4n) is 1.49. The van der Waals surface area contributed by atoms with Gasteiger partial charge in [0.2, 0.25) is 0 Å². The first-order valence-corrected chi connectivity index (χ1v) is 6.18. The number of ether oxygens (including phenoxy) is 1. The molecule has 90 valence electrons. The second kappa shape index (κ2) is 6.19. The first-order chi connectivity index (χ1) is 7.60. The summed E-state index contributed by atoms with van der Waals surface area (Å²) < 4.78 is 7.59. The van der Waals surface area contributed by atoms with Gasteiger partial charge >= 0.3 is 5.97 Å². The number of halogens is 1. The molecule has 16 heavy (non-hydrogen) atoms. The van der Waals surface area contributed by atoms with Gasteiger partial charge in [0.1, 0.15) is 6.04 Å². The number of hydrogen-bond acceptors (Lipinski definition) is 4. The van der Waals surface area contributed by atoms with Crippen LogP contribution in [0.1, 0.15) is 19.9 Å². The van der Waals surface area contributed by atoms with Crippen molar-refractivity contribution < 1.29 is 9.53 Å². The van der Waals surface area contributed by atoms with Gasteiger partial charge in [0, 0.05) is 6.20 Å². The molecule has 0 spiro atoms. The highest BCUT2D eigenvalue weighted by Crippen LogP contribution is 2.13. The average molecular weight is 337 g/mol. The Labute approximate surface area is 109 Å². The van der Waals surface area contributed by atoms with Crippen molar-refractivity contribution in [2.45, 2.75) is 25.9 Å². The topological polar surface area (TPSA) is 56.1 Å². The van der Waals surface area contributed by atoms with E-state index in [1.807, 2.05) is 20.0 Å². The lowest BCUT2D eigenvalue weighted by Crippen LogP contribution is -2.43. The monoisotopic (exact) mass is 337 g/mol. The number of carbonyl (C=O) groups is 1. The molecule has 0 aliphatic heterocycles. The van der Waals surface area contributed by atoms with E-state index in [-0.39, 0.29) is 18.1 Å². The van der Waals surface area contributed by atoms with Crippen LogP contribution in [0.3, 0.4) is 0 Å². The molecule has 1 aromatic rings. The summed E-state index contributed by atoms with van der Waals surface area (Å²) >= 11 is 2.19. The van der Waals surface area contributed by atoms with E-state index in [1.165, 1.54) is 7.11 Å². The lowest BCUT2D eigenvalue weighted by molar-refractivity contribution is -0.144. The number of carbonyl (C=O) groups excluding carboxylic acids is 1. The molecule has 0 fully saturated rings. The molecule has 2 unspecified atom stereocenters. The number of methoxy groups -OCH3 is 1. The van der Waals surface area contributed by atoms with Gasteiger partial charge in [-0.3, -0.25) is 9.48 Å². The molecule has 0 bridgehead atoms. The van der Waals surface area contributed by atoms with Gasteiger partial charge in [0.05, 0.1) is 22.9 Å². The summed E-state index contributed by atoms with van der Waals surface area (Å²) in [4.78, 5) is 11.6. The van der Waals surface area contributed by atoms with Crippen molar-refractivity contribution in [2.75, 3.05) is 13.7 Å². The molecule has 0 aromatic carbocycles. The van der Waals surface area contributed by atoms with Crippen LogP contribution in [-0.4, -0.2) is 35.4 Å². The molecule has 1 N–H and O–H groups in total. The Morgan fingerprint density at radius 3 is 2.88 bits per heavy atom. The molecule has 0 saturated carbocycles. The number of nitrogens with zero attached hydrogens (tertiary/aromatic N) is 2. The van der Waals surface area contributed by atoms with Crippen LogP contribution in [0.5, 0.6) is 0 Å². The molecule has 2 atom stereocenters. The average Bonchev–Trinajstić information content (AvgIpc) is 2.71. The van der Waals surface area contributed by atoms with E-state index in [0.29, 0.717) is 6.54 Å². The van der Waals surface area contributed by atoms with Gasteiger partial charge < -0.3 is 10.1 Å². The maximum Gasteiger partial charge on any atom is 0.325 e. The Morgan fingerprint density at radius 2 is 2.44 bits per heavy atom. The van der Waals surface area contributed by atoms with Crippen molar-refractivity contribution in [3.63, 3.8) is 0 Å². The molecule has 5 nitrogen and oxygen atoms in total. The summed E-state index contributed by atoms with van der Waals surface area (Å²) in [5.74, 6) is -0.264. The molecule has 0 aliphatic carbocycles. The second-order valence-electron chi connectivity index (χ2n) is 3.44. The van der Waals surface area contributed by atoms with Gasteiger partial charge in [-0.05, 0) is 36.1 Å². The molecular weight excluding hydrogens is 321 g/mol. The number of hydrogen-bond donors (Lipinski definition) is 1. The van der Waals surface area contributed by atoms with E-state index in [4.69, 9.17) is 4.74 Å². The lowest BCUT2D eigenvalue weighted by Gasteiger charge is -2.22. The third-order valence-corrected chi connectivity index (χ3v) is 2.91. The van der Waals surface area contributed by atoms with Gasteiger partial charge in [-0.1, -0.05) is 6.92 Å². The summed E-state index contributed by atoms with van der Waals surface area (Å²) in [6, 6.07) is -0.443. The van der Waals surface area contributed by atoms with Gasteiger partial charge in [-0.15, -0.1) is 0 Å². The Kier molecular flexibility index (Phi) is 5.20. The van der Waals surface area contributed by atoms with Crippen LogP contribution in [-0.2, 0) is 9.53 Å². The van der Waals surface area contributed by atoms with E-state index in [2.05, 4.69) is 33.0 Å². The molecule has 6 heteroatoms. The number of rotatable bonds is 5. The molecule has 1 heterocycles. The summed E-state index contributed by atoms with van der Waals surface area (Å²) in [5.41, 5.74) is 0. The zero-order valence-corrected chi connectivity index (χ0v) is 11.8. The third kappa shape index (κ3) is 3.18. The summed E-state index contributed by atoms with van der Waals surface area (Å²) in [6.45, 7) is 4.60. The maximum atomic E-state index is 11.6. The molecule has 1 aromatic heterocycles. The standard InChI is InChI=1S/C10H16IN3O2/c1-4-12-9(10(15)16-3)7(2)14-6-8(11)5-13-14/h5-7,9,12H,4H2,1-3H3. The van der Waals surface area contributed by atoms with Crippen LogP contribution in [0, 0.1) is 3.57 Å². The van der Waals surface area contributed by atoms with Crippen LogP contribution in [0.4, 0.5) is 0 Å². The van der Waals surface area contributed by atoms with Gasteiger partial charge in [0.25, 0.3) is 0 Å². The lowest BCUT2D eigenvalue weighted by atomic mass is 10.1. The Morgan fingerprint density at radius 1 is 1.75 bits per heavy atom. The van der Waals surface area contributed by atoms with Gasteiger partial charge in [-0.2, -0.15) is 5.10 Å². The van der Waals surface area contributed by atoms with Crippen LogP contribution in [0.25, 0.3) is 0 Å². The summed E-state index contributed by atoms with van der Waals surface area (Å²) in [6.07, 6.45) is 3.66. The molecule has 0 amide bonds. The van der Waals surface area contributed by atoms with E-state index < -0.39 is 0 Å². The van der Waals surface area contributed by atoms with Crippen molar-refractivity contribution in [3.05, 3.63) is 16.0 Å². The van der Waals surface area contributed by atoms with Crippen molar-refractivity contribution in [2.24, 2.45) is 0 Å². The van der Waals surface area contributed by atoms with Crippen LogP contribution >= 0.6 is 22.6 Å². The largest absolute Gasteiger partial charge is 0.468 e. The highest BCUT2D eigenvalue weighted by atomic mass is 127. The van der Waals surface area contributed by atoms with E-state index in [9.17, 15) is 4.79 Å². The highest BCUT2D eigenvalue weighted by molar-refractivity contribution is 14.1. The van der Waals surface area contributed by atoms with Gasteiger partial charge in [0.15, 0.2) is 0 Å². The summed E-state index contributed by atoms with van der Waals surface area (Å²) in [7, 11) is 1.40. The Hall–Kier alpha value is -0.630. The molecule has 0 aliphatic rings. The fourth-order valence-corrected chi connectivity index (χ4v) is 1.90.